The average Bonchev–Trinajstić information content (AvgIpc) is 3.04. The number of carbonyl (C=O) groups excluding carboxylic acids is 2. The molecule has 6 unspecified atom stereocenters. The highest BCUT2D eigenvalue weighted by Gasteiger charge is 2.68. The first-order chi connectivity index (χ1) is 15.2. The lowest BCUT2D eigenvalue weighted by Gasteiger charge is -2.60. The Balaban J connectivity index is 1.40. The van der Waals surface area contributed by atoms with Gasteiger partial charge in [-0.25, -0.2) is 4.98 Å². The van der Waals surface area contributed by atoms with Crippen LogP contribution < -0.4 is 4.74 Å². The Kier molecular flexibility index (Phi) is 5.10. The van der Waals surface area contributed by atoms with Gasteiger partial charge >= 0.3 is 0 Å². The van der Waals surface area contributed by atoms with Crippen LogP contribution in [0.2, 0.25) is 0 Å². The molecule has 1 aromatic rings. The van der Waals surface area contributed by atoms with E-state index in [-0.39, 0.29) is 41.3 Å². The fourth-order valence-electron chi connectivity index (χ4n) is 7.84. The van der Waals surface area contributed by atoms with Crippen molar-refractivity contribution in [3.05, 3.63) is 36.0 Å². The summed E-state index contributed by atoms with van der Waals surface area (Å²) >= 11 is 0. The summed E-state index contributed by atoms with van der Waals surface area (Å²) in [5.74, 6) is 0.688. The van der Waals surface area contributed by atoms with Crippen LogP contribution in [-0.2, 0) is 9.59 Å². The van der Waals surface area contributed by atoms with Crippen molar-refractivity contribution in [3.63, 3.8) is 0 Å². The van der Waals surface area contributed by atoms with Gasteiger partial charge < -0.3 is 14.9 Å². The van der Waals surface area contributed by atoms with Crippen molar-refractivity contribution in [3.8, 4) is 5.88 Å². The molecule has 0 aliphatic heterocycles. The molecule has 6 heteroatoms. The minimum absolute atomic E-state index is 0.0656. The first-order valence-electron chi connectivity index (χ1n) is 11.9. The van der Waals surface area contributed by atoms with Gasteiger partial charge in [0, 0.05) is 24.1 Å². The van der Waals surface area contributed by atoms with Crippen molar-refractivity contribution in [2.45, 2.75) is 70.5 Å². The molecule has 1 heterocycles. The van der Waals surface area contributed by atoms with Crippen molar-refractivity contribution in [2.75, 3.05) is 6.61 Å². The summed E-state index contributed by atoms with van der Waals surface area (Å²) in [6.45, 7) is 3.97. The Morgan fingerprint density at radius 1 is 1.22 bits per heavy atom. The molecule has 3 saturated carbocycles. The first kappa shape index (κ1) is 21.8. The summed E-state index contributed by atoms with van der Waals surface area (Å²) < 4.78 is 5.58. The number of pyridine rings is 1. The maximum atomic E-state index is 13.3. The largest absolute Gasteiger partial charge is 0.470 e. The van der Waals surface area contributed by atoms with Gasteiger partial charge in [-0.2, -0.15) is 0 Å². The Labute approximate surface area is 189 Å². The van der Waals surface area contributed by atoms with E-state index >= 15 is 0 Å². The van der Waals surface area contributed by atoms with Crippen molar-refractivity contribution in [2.24, 2.45) is 28.6 Å². The lowest BCUT2D eigenvalue weighted by atomic mass is 9.45. The van der Waals surface area contributed by atoms with Crippen LogP contribution >= 0.6 is 0 Å². The minimum Gasteiger partial charge on any atom is -0.470 e. The van der Waals surface area contributed by atoms with Crippen molar-refractivity contribution >= 4 is 11.6 Å². The molecule has 0 saturated heterocycles. The van der Waals surface area contributed by atoms with Gasteiger partial charge in [-0.1, -0.05) is 25.5 Å². The van der Waals surface area contributed by atoms with Crippen LogP contribution in [0.5, 0.6) is 5.88 Å². The van der Waals surface area contributed by atoms with Gasteiger partial charge in [0.15, 0.2) is 12.4 Å². The zero-order valence-corrected chi connectivity index (χ0v) is 18.9. The highest BCUT2D eigenvalue weighted by Crippen LogP contribution is 2.67. The number of hydrogen-bond acceptors (Lipinski definition) is 6. The van der Waals surface area contributed by atoms with E-state index in [1.165, 1.54) is 5.57 Å². The van der Waals surface area contributed by atoms with E-state index in [1.807, 2.05) is 13.0 Å². The maximum absolute atomic E-state index is 13.3. The quantitative estimate of drug-likeness (QED) is 0.748. The molecule has 172 valence electrons. The number of nitrogens with zero attached hydrogens (tertiary/aromatic N) is 1. The van der Waals surface area contributed by atoms with E-state index in [4.69, 9.17) is 4.74 Å². The topological polar surface area (TPSA) is 96.7 Å². The normalized spacial score (nSPS) is 43.0. The number of hydrogen-bond donors (Lipinski definition) is 2. The molecule has 0 radical (unpaired) electrons. The molecule has 2 N–H and O–H groups in total. The number of aliphatic hydroxyl groups is 2. The molecule has 1 aromatic heterocycles. The summed E-state index contributed by atoms with van der Waals surface area (Å²) in [5.41, 5.74) is -1.20. The van der Waals surface area contributed by atoms with E-state index < -0.39 is 17.1 Å². The predicted molar refractivity (Wildman–Crippen MR) is 118 cm³/mol. The highest BCUT2D eigenvalue weighted by molar-refractivity contribution is 5.92. The third-order valence-electron chi connectivity index (χ3n) is 9.50. The van der Waals surface area contributed by atoms with Crippen LogP contribution in [0.4, 0.5) is 0 Å². The number of ketones is 2. The summed E-state index contributed by atoms with van der Waals surface area (Å²) in [5, 5.41) is 23.1. The van der Waals surface area contributed by atoms with Gasteiger partial charge in [0.2, 0.25) is 11.7 Å². The maximum Gasteiger partial charge on any atom is 0.213 e. The number of rotatable bonds is 4. The summed E-state index contributed by atoms with van der Waals surface area (Å²) in [7, 11) is 0. The molecular formula is C26H33NO5. The van der Waals surface area contributed by atoms with Gasteiger partial charge in [0.1, 0.15) is 5.60 Å². The average molecular weight is 440 g/mol. The molecule has 0 spiro atoms. The number of Topliss-reactive ketones (excluding diaryl/α,β-unsaturated/α-hetero) is 1. The Morgan fingerprint density at radius 3 is 2.78 bits per heavy atom. The number of allylic oxidation sites excluding steroid dienone is 1. The van der Waals surface area contributed by atoms with Crippen molar-refractivity contribution in [1.29, 1.82) is 0 Å². The smallest absolute Gasteiger partial charge is 0.213 e. The number of aliphatic hydroxyl groups excluding tert-OH is 1. The summed E-state index contributed by atoms with van der Waals surface area (Å²) in [4.78, 5) is 29.4. The standard InChI is InChI=1S/C26H33NO5/c1-24-10-8-17(28)13-16(24)6-7-18-19-9-11-26(31,25(19,2)14-20(29)23(18)24)21(30)15-32-22-5-3-4-12-27-22/h3-5,12-13,18-20,23,29,31H,6-11,14-15H2,1-2H3/t18?,19?,20?,23?,24?,25?,26-/m0/s1. The third kappa shape index (κ3) is 3.02. The molecule has 0 amide bonds. The molecule has 4 aliphatic rings. The molecule has 4 aliphatic carbocycles. The lowest BCUT2D eigenvalue weighted by molar-refractivity contribution is -0.181. The van der Waals surface area contributed by atoms with E-state index in [0.29, 0.717) is 25.1 Å². The molecule has 3 fully saturated rings. The van der Waals surface area contributed by atoms with Crippen LogP contribution in [0.1, 0.15) is 58.8 Å². The van der Waals surface area contributed by atoms with Crippen LogP contribution in [0.3, 0.4) is 0 Å². The molecule has 0 aromatic carbocycles. The highest BCUT2D eigenvalue weighted by atomic mass is 16.5. The fraction of sp³-hybridized carbons (Fsp3) is 0.654. The Bertz CT molecular complexity index is 960. The van der Waals surface area contributed by atoms with Crippen LogP contribution in [0.25, 0.3) is 0 Å². The number of carbonyl (C=O) groups is 2. The first-order valence-corrected chi connectivity index (χ1v) is 11.9. The number of ether oxygens (including phenoxy) is 1. The Hall–Kier alpha value is -2.05. The fourth-order valence-corrected chi connectivity index (χ4v) is 7.84. The molecule has 5 rings (SSSR count). The molecule has 7 atom stereocenters. The summed E-state index contributed by atoms with van der Waals surface area (Å²) in [6, 6.07) is 5.25. The third-order valence-corrected chi connectivity index (χ3v) is 9.50. The van der Waals surface area contributed by atoms with E-state index in [9.17, 15) is 19.8 Å². The monoisotopic (exact) mass is 439 g/mol. The predicted octanol–water partition coefficient (Wildman–Crippen LogP) is 3.26. The molecule has 6 nitrogen and oxygen atoms in total. The second-order valence-electron chi connectivity index (χ2n) is 10.9. The number of fused-ring (bicyclic) bond motifs is 5. The number of aromatic nitrogens is 1. The van der Waals surface area contributed by atoms with Crippen molar-refractivity contribution in [1.82, 2.24) is 4.98 Å². The minimum atomic E-state index is -1.52. The van der Waals surface area contributed by atoms with Crippen molar-refractivity contribution < 1.29 is 24.5 Å². The van der Waals surface area contributed by atoms with Crippen LogP contribution in [0.15, 0.2) is 36.0 Å². The molecular weight excluding hydrogens is 406 g/mol. The van der Waals surface area contributed by atoms with Gasteiger partial charge in [-0.05, 0) is 73.8 Å². The SMILES string of the molecule is CC12CCC(=O)C=C1CCC1C2C(O)CC2(C)C1CC[C@]2(O)C(=O)COc1ccccn1. The second kappa shape index (κ2) is 7.49. The van der Waals surface area contributed by atoms with E-state index in [2.05, 4.69) is 11.9 Å². The van der Waals surface area contributed by atoms with Crippen LogP contribution in [-0.4, -0.2) is 45.1 Å². The van der Waals surface area contributed by atoms with Gasteiger partial charge in [0.05, 0.1) is 6.10 Å². The molecule has 32 heavy (non-hydrogen) atoms. The molecule has 0 bridgehead atoms. The van der Waals surface area contributed by atoms with E-state index in [0.717, 1.165) is 25.7 Å². The van der Waals surface area contributed by atoms with Gasteiger partial charge in [-0.3, -0.25) is 9.59 Å². The zero-order valence-electron chi connectivity index (χ0n) is 18.9. The second-order valence-corrected chi connectivity index (χ2v) is 10.9. The lowest BCUT2D eigenvalue weighted by Crippen LogP contribution is -2.62. The van der Waals surface area contributed by atoms with Gasteiger partial charge in [-0.15, -0.1) is 0 Å². The van der Waals surface area contributed by atoms with Gasteiger partial charge in [0.25, 0.3) is 0 Å². The Morgan fingerprint density at radius 2 is 2.03 bits per heavy atom. The van der Waals surface area contributed by atoms with Crippen LogP contribution in [0, 0.1) is 28.6 Å². The van der Waals surface area contributed by atoms with E-state index in [1.54, 1.807) is 24.4 Å². The summed E-state index contributed by atoms with van der Waals surface area (Å²) in [6.07, 6.45) is 7.43. The zero-order chi connectivity index (χ0) is 22.7.